The average Bonchev–Trinajstić information content (AvgIpc) is 2.84. The summed E-state index contributed by atoms with van der Waals surface area (Å²) < 4.78 is 41.5. The quantitative estimate of drug-likeness (QED) is 0.488. The molecule has 0 atom stereocenters. The molecule has 0 aliphatic rings. The number of aromatic nitrogens is 4. The molecule has 0 spiro atoms. The number of nitrogens with zero attached hydrogens (tertiary/aromatic N) is 3. The van der Waals surface area contributed by atoms with E-state index in [-0.39, 0.29) is 5.15 Å². The molecule has 1 aromatic carbocycles. The number of hydrogen-bond donors (Lipinski definition) is 1. The molecule has 3 aromatic rings. The number of aryl methyl sites for hydroxylation is 1. The van der Waals surface area contributed by atoms with E-state index in [4.69, 9.17) is 23.8 Å². The first kappa shape index (κ1) is 17.6. The molecule has 0 aliphatic carbocycles. The molecule has 0 unspecified atom stereocenters. The molecule has 2 aromatic heterocycles. The zero-order valence-corrected chi connectivity index (χ0v) is 14.7. The first-order chi connectivity index (χ1) is 11.7. The fraction of sp³-hybridized carbons (Fsp3) is 0.188. The molecule has 3 rings (SSSR count). The molecule has 0 bridgehead atoms. The van der Waals surface area contributed by atoms with Gasteiger partial charge in [0.1, 0.15) is 5.15 Å². The Morgan fingerprint density at radius 3 is 2.44 bits per heavy atom. The number of pyridine rings is 1. The molecule has 0 fully saturated rings. The van der Waals surface area contributed by atoms with Crippen LogP contribution in [0.25, 0.3) is 22.5 Å². The van der Waals surface area contributed by atoms with Crippen LogP contribution < -0.4 is 0 Å². The third kappa shape index (κ3) is 3.45. The van der Waals surface area contributed by atoms with E-state index in [1.165, 1.54) is 12.1 Å². The fourth-order valence-electron chi connectivity index (χ4n) is 2.53. The molecule has 2 heterocycles. The van der Waals surface area contributed by atoms with Gasteiger partial charge in [0.05, 0.1) is 5.56 Å². The van der Waals surface area contributed by atoms with Crippen molar-refractivity contribution in [2.24, 2.45) is 7.05 Å². The number of hydrogen-bond acceptors (Lipinski definition) is 3. The van der Waals surface area contributed by atoms with E-state index in [2.05, 4.69) is 15.2 Å². The standard InChI is InChI=1S/C16H12ClF3N4S/c1-8-5-9(6-13(17)21-8)12-7-10(16(18,19)20)3-4-11(12)14-22-23-15(25)24(14)2/h3-7H,1-2H3,(H,23,25). The van der Waals surface area contributed by atoms with Crippen LogP contribution in [0.2, 0.25) is 5.15 Å². The Balaban J connectivity index is 2.32. The van der Waals surface area contributed by atoms with Crippen LogP contribution in [-0.4, -0.2) is 19.7 Å². The highest BCUT2D eigenvalue weighted by atomic mass is 35.5. The number of aromatic amines is 1. The van der Waals surface area contributed by atoms with Gasteiger partial charge in [-0.1, -0.05) is 11.6 Å². The average molecular weight is 385 g/mol. The zero-order chi connectivity index (χ0) is 18.4. The highest BCUT2D eigenvalue weighted by Crippen LogP contribution is 2.38. The van der Waals surface area contributed by atoms with Crippen LogP contribution in [0.4, 0.5) is 13.2 Å². The fourth-order valence-corrected chi connectivity index (χ4v) is 2.91. The van der Waals surface area contributed by atoms with Gasteiger partial charge in [-0.25, -0.2) is 4.98 Å². The topological polar surface area (TPSA) is 46.5 Å². The lowest BCUT2D eigenvalue weighted by molar-refractivity contribution is -0.137. The van der Waals surface area contributed by atoms with Crippen molar-refractivity contribution in [3.8, 4) is 22.5 Å². The van der Waals surface area contributed by atoms with Gasteiger partial charge >= 0.3 is 6.18 Å². The lowest BCUT2D eigenvalue weighted by Crippen LogP contribution is -2.06. The molecule has 0 saturated heterocycles. The number of benzene rings is 1. The van der Waals surface area contributed by atoms with Crippen molar-refractivity contribution < 1.29 is 13.2 Å². The summed E-state index contributed by atoms with van der Waals surface area (Å²) in [6.07, 6.45) is -4.46. The minimum absolute atomic E-state index is 0.203. The minimum Gasteiger partial charge on any atom is -0.303 e. The van der Waals surface area contributed by atoms with Gasteiger partial charge in [0.2, 0.25) is 0 Å². The highest BCUT2D eigenvalue weighted by molar-refractivity contribution is 7.71. The second kappa shape index (κ2) is 6.27. The Kier molecular flexibility index (Phi) is 4.42. The molecular weight excluding hydrogens is 373 g/mol. The van der Waals surface area contributed by atoms with E-state index in [0.717, 1.165) is 12.1 Å². The van der Waals surface area contributed by atoms with Crippen molar-refractivity contribution in [1.82, 2.24) is 19.7 Å². The summed E-state index contributed by atoms with van der Waals surface area (Å²) in [6.45, 7) is 1.72. The predicted octanol–water partition coefficient (Wildman–Crippen LogP) is 5.19. The summed E-state index contributed by atoms with van der Waals surface area (Å²) in [5.74, 6) is 0.430. The van der Waals surface area contributed by atoms with Gasteiger partial charge in [-0.15, -0.1) is 0 Å². The molecule has 9 heteroatoms. The Morgan fingerprint density at radius 1 is 1.16 bits per heavy atom. The van der Waals surface area contributed by atoms with Crippen LogP contribution in [0.15, 0.2) is 30.3 Å². The third-order valence-electron chi connectivity index (χ3n) is 3.70. The summed E-state index contributed by atoms with van der Waals surface area (Å²) in [6, 6.07) is 6.68. The Bertz CT molecular complexity index is 987. The van der Waals surface area contributed by atoms with Gasteiger partial charge in [0, 0.05) is 18.3 Å². The molecule has 0 amide bonds. The second-order valence-electron chi connectivity index (χ2n) is 5.49. The molecule has 0 aliphatic heterocycles. The van der Waals surface area contributed by atoms with Crippen LogP contribution >= 0.6 is 23.8 Å². The van der Waals surface area contributed by atoms with E-state index in [0.29, 0.717) is 33.0 Å². The Hall–Kier alpha value is -2.19. The molecular formula is C16H12ClF3N4S. The number of nitrogens with one attached hydrogen (secondary N) is 1. The van der Waals surface area contributed by atoms with Crippen molar-refractivity contribution in [2.75, 3.05) is 0 Å². The van der Waals surface area contributed by atoms with E-state index in [9.17, 15) is 13.2 Å². The number of H-pyrrole nitrogens is 1. The summed E-state index contributed by atoms with van der Waals surface area (Å²) in [5, 5.41) is 6.96. The zero-order valence-electron chi connectivity index (χ0n) is 13.1. The first-order valence-corrected chi connectivity index (χ1v) is 7.93. The molecule has 0 saturated carbocycles. The van der Waals surface area contributed by atoms with Gasteiger partial charge in [-0.2, -0.15) is 18.3 Å². The van der Waals surface area contributed by atoms with Crippen LogP contribution in [0.1, 0.15) is 11.3 Å². The van der Waals surface area contributed by atoms with Crippen molar-refractivity contribution in [3.63, 3.8) is 0 Å². The smallest absolute Gasteiger partial charge is 0.303 e. The maximum atomic E-state index is 13.2. The molecule has 4 nitrogen and oxygen atoms in total. The van der Waals surface area contributed by atoms with Crippen LogP contribution in [0, 0.1) is 11.7 Å². The first-order valence-electron chi connectivity index (χ1n) is 7.14. The minimum atomic E-state index is -4.46. The van der Waals surface area contributed by atoms with E-state index in [1.54, 1.807) is 24.6 Å². The monoisotopic (exact) mass is 384 g/mol. The van der Waals surface area contributed by atoms with Crippen LogP contribution in [-0.2, 0) is 13.2 Å². The molecule has 0 radical (unpaired) electrons. The van der Waals surface area contributed by atoms with Crippen LogP contribution in [0.5, 0.6) is 0 Å². The number of alkyl halides is 3. The van der Waals surface area contributed by atoms with Crippen molar-refractivity contribution in [3.05, 3.63) is 51.5 Å². The summed E-state index contributed by atoms with van der Waals surface area (Å²) >= 11 is 11.1. The summed E-state index contributed by atoms with van der Waals surface area (Å²) in [4.78, 5) is 4.05. The van der Waals surface area contributed by atoms with Crippen molar-refractivity contribution >= 4 is 23.8 Å². The number of rotatable bonds is 2. The lowest BCUT2D eigenvalue weighted by atomic mass is 9.96. The van der Waals surface area contributed by atoms with Gasteiger partial charge in [-0.3, -0.25) is 5.10 Å². The van der Waals surface area contributed by atoms with Crippen molar-refractivity contribution in [1.29, 1.82) is 0 Å². The normalized spacial score (nSPS) is 11.8. The van der Waals surface area contributed by atoms with Crippen LogP contribution in [0.3, 0.4) is 0 Å². The maximum absolute atomic E-state index is 13.2. The molecule has 1 N–H and O–H groups in total. The maximum Gasteiger partial charge on any atom is 0.416 e. The van der Waals surface area contributed by atoms with E-state index >= 15 is 0 Å². The second-order valence-corrected chi connectivity index (χ2v) is 6.26. The predicted molar refractivity (Wildman–Crippen MR) is 91.8 cm³/mol. The lowest BCUT2D eigenvalue weighted by Gasteiger charge is -2.14. The Labute approximate surface area is 151 Å². The summed E-state index contributed by atoms with van der Waals surface area (Å²) in [5.41, 5.74) is 1.21. The molecule has 130 valence electrons. The largest absolute Gasteiger partial charge is 0.416 e. The third-order valence-corrected chi connectivity index (χ3v) is 4.26. The van der Waals surface area contributed by atoms with Gasteiger partial charge < -0.3 is 4.57 Å². The van der Waals surface area contributed by atoms with Gasteiger partial charge in [0.25, 0.3) is 0 Å². The SMILES string of the molecule is Cc1cc(-c2cc(C(F)(F)F)ccc2-c2n[nH]c(=S)n2C)cc(Cl)n1. The Morgan fingerprint density at radius 2 is 1.88 bits per heavy atom. The van der Waals surface area contributed by atoms with E-state index in [1.807, 2.05) is 0 Å². The molecule has 25 heavy (non-hydrogen) atoms. The number of halogens is 4. The van der Waals surface area contributed by atoms with Gasteiger partial charge in [-0.05, 0) is 60.6 Å². The van der Waals surface area contributed by atoms with Gasteiger partial charge in [0.15, 0.2) is 10.6 Å². The van der Waals surface area contributed by atoms with Crippen molar-refractivity contribution in [2.45, 2.75) is 13.1 Å². The summed E-state index contributed by atoms with van der Waals surface area (Å²) in [7, 11) is 1.69. The highest BCUT2D eigenvalue weighted by Gasteiger charge is 2.31. The van der Waals surface area contributed by atoms with E-state index < -0.39 is 11.7 Å².